The van der Waals surface area contributed by atoms with Crippen molar-refractivity contribution in [1.29, 1.82) is 0 Å². The molecule has 1 fully saturated rings. The highest BCUT2D eigenvalue weighted by atomic mass is 31.2. The van der Waals surface area contributed by atoms with E-state index in [-0.39, 0.29) is 4.57 Å². The topological polar surface area (TPSA) is 249 Å². The monoisotopic (exact) mass is 454 g/mol. The lowest BCUT2D eigenvalue weighted by molar-refractivity contribution is -0.138. The van der Waals surface area contributed by atoms with E-state index in [1.54, 1.807) is 10.1 Å². The summed E-state index contributed by atoms with van der Waals surface area (Å²) in [6.07, 6.45) is -7.23. The molecule has 2 heterocycles. The highest BCUT2D eigenvalue weighted by Gasteiger charge is 2.46. The molecule has 30 heavy (non-hydrogen) atoms. The van der Waals surface area contributed by atoms with Crippen LogP contribution in [0.4, 0.5) is 10.2 Å². The van der Waals surface area contributed by atoms with E-state index >= 15 is 0 Å². The van der Waals surface area contributed by atoms with Gasteiger partial charge in [0.15, 0.2) is 12.0 Å². The number of hydrogen-bond donors (Lipinski definition) is 6. The number of ether oxygens (including phenoxy) is 1. The van der Waals surface area contributed by atoms with Gasteiger partial charge in [-0.05, 0) is 17.6 Å². The predicted octanol–water partition coefficient (Wildman–Crippen LogP) is -1.58. The van der Waals surface area contributed by atoms with Crippen LogP contribution in [0.1, 0.15) is 13.2 Å². The maximum Gasteiger partial charge on any atom is 0.403 e. The van der Waals surface area contributed by atoms with Crippen LogP contribution in [0.25, 0.3) is 10.4 Å². The normalized spacial score (nSPS) is 26.6. The SMILES string of the molecule is C[C@H](NP(=O)(O)OC[C@H]1O[C@@H](n2c(N=[N+]=[N-])c(F)c(=O)[nH]c2=O)[C@H](O)[C@@H]1O)C(=O)O. The molecule has 16 nitrogen and oxygen atoms in total. The molecule has 18 heteroatoms. The van der Waals surface area contributed by atoms with Crippen molar-refractivity contribution in [1.82, 2.24) is 14.6 Å². The number of hydrogen-bond acceptors (Lipinski definition) is 9. The standard InChI is InChI=1S/C12H16FN6O10P/c1-3(11(23)24)17-30(26,27)28-2-4-6(20)7(21)10(29-4)19-8(16-18-14)5(13)9(22)15-12(19)25/h3-4,6-7,10,20-21H,2H2,1H3,(H,23,24)(H,15,22,25)(H2,17,26,27)/t3-,4+,6+,7+,10+/m0/s1. The van der Waals surface area contributed by atoms with Gasteiger partial charge >= 0.3 is 19.4 Å². The van der Waals surface area contributed by atoms with Crippen molar-refractivity contribution < 1.29 is 43.2 Å². The number of nitrogens with zero attached hydrogens (tertiary/aromatic N) is 4. The molecule has 1 aromatic heterocycles. The smallest absolute Gasteiger partial charge is 0.403 e. The number of aliphatic hydroxyl groups is 2. The van der Waals surface area contributed by atoms with E-state index in [2.05, 4.69) is 14.5 Å². The third kappa shape index (κ3) is 4.92. The summed E-state index contributed by atoms with van der Waals surface area (Å²) in [7, 11) is -4.68. The van der Waals surface area contributed by atoms with E-state index in [4.69, 9.17) is 15.4 Å². The van der Waals surface area contributed by atoms with Crippen molar-refractivity contribution in [3.63, 3.8) is 0 Å². The third-order valence-corrected chi connectivity index (χ3v) is 5.15. The summed E-state index contributed by atoms with van der Waals surface area (Å²) in [6, 6.07) is -1.47. The summed E-state index contributed by atoms with van der Waals surface area (Å²) >= 11 is 0. The summed E-state index contributed by atoms with van der Waals surface area (Å²) < 4.78 is 35.9. The molecule has 1 unspecified atom stereocenters. The minimum Gasteiger partial charge on any atom is -0.480 e. The van der Waals surface area contributed by atoms with Crippen LogP contribution < -0.4 is 16.3 Å². The van der Waals surface area contributed by atoms with Gasteiger partial charge in [0.1, 0.15) is 24.4 Å². The number of rotatable bonds is 8. The van der Waals surface area contributed by atoms with Gasteiger partial charge in [-0.25, -0.2) is 14.4 Å². The van der Waals surface area contributed by atoms with Crippen LogP contribution in [0, 0.1) is 5.82 Å². The van der Waals surface area contributed by atoms with E-state index in [1.807, 2.05) is 0 Å². The third-order valence-electron chi connectivity index (χ3n) is 3.94. The van der Waals surface area contributed by atoms with E-state index in [0.29, 0.717) is 0 Å². The molecular formula is C12H16FN6O10P. The van der Waals surface area contributed by atoms with E-state index < -0.39 is 73.8 Å². The second kappa shape index (κ2) is 9.03. The number of aliphatic hydroxyl groups excluding tert-OH is 2. The van der Waals surface area contributed by atoms with Gasteiger partial charge in [-0.2, -0.15) is 4.39 Å². The molecule has 0 amide bonds. The van der Waals surface area contributed by atoms with Crippen molar-refractivity contribution >= 4 is 19.5 Å². The van der Waals surface area contributed by atoms with Crippen LogP contribution in [0.3, 0.4) is 0 Å². The Kier molecular flexibility index (Phi) is 7.12. The molecule has 0 aromatic carbocycles. The van der Waals surface area contributed by atoms with Gasteiger partial charge in [0.25, 0.3) is 5.56 Å². The highest BCUT2D eigenvalue weighted by Crippen LogP contribution is 2.40. The number of aliphatic carboxylic acids is 1. The molecule has 166 valence electrons. The van der Waals surface area contributed by atoms with Crippen LogP contribution in [0.15, 0.2) is 14.7 Å². The number of aromatic amines is 1. The first kappa shape index (κ1) is 23.7. The van der Waals surface area contributed by atoms with Gasteiger partial charge < -0.3 is 24.9 Å². The fourth-order valence-electron chi connectivity index (χ4n) is 2.48. The van der Waals surface area contributed by atoms with E-state index in [0.717, 1.165) is 6.92 Å². The zero-order valence-electron chi connectivity index (χ0n) is 14.9. The fraction of sp³-hybridized carbons (Fsp3) is 0.583. The van der Waals surface area contributed by atoms with Gasteiger partial charge in [0, 0.05) is 4.91 Å². The Labute approximate surface area is 164 Å². The highest BCUT2D eigenvalue weighted by molar-refractivity contribution is 7.50. The van der Waals surface area contributed by atoms with E-state index in [1.165, 1.54) is 0 Å². The number of carbonyl (C=O) groups is 1. The number of nitrogens with one attached hydrogen (secondary N) is 2. The Morgan fingerprint density at radius 3 is 2.70 bits per heavy atom. The second-order valence-electron chi connectivity index (χ2n) is 6.01. The largest absolute Gasteiger partial charge is 0.480 e. The zero-order chi connectivity index (χ0) is 22.8. The number of halogens is 1. The minimum atomic E-state index is -4.68. The molecule has 0 radical (unpaired) electrons. The molecule has 6 N–H and O–H groups in total. The van der Waals surface area contributed by atoms with Gasteiger partial charge in [-0.3, -0.25) is 23.7 Å². The molecule has 6 atom stereocenters. The predicted molar refractivity (Wildman–Crippen MR) is 92.0 cm³/mol. The van der Waals surface area contributed by atoms with Crippen LogP contribution in [0.5, 0.6) is 0 Å². The number of azide groups is 1. The molecule has 1 aromatic rings. The number of aromatic nitrogens is 2. The quantitative estimate of drug-likeness (QED) is 0.113. The van der Waals surface area contributed by atoms with Crippen LogP contribution in [-0.2, 0) is 18.6 Å². The van der Waals surface area contributed by atoms with Crippen molar-refractivity contribution in [3.8, 4) is 0 Å². The number of carboxylic acids is 1. The van der Waals surface area contributed by atoms with Gasteiger partial charge in [0.05, 0.1) is 6.61 Å². The minimum absolute atomic E-state index is 0.244. The Bertz CT molecular complexity index is 1040. The first-order valence-electron chi connectivity index (χ1n) is 7.98. The maximum atomic E-state index is 14.0. The van der Waals surface area contributed by atoms with Gasteiger partial charge in [-0.1, -0.05) is 0 Å². The van der Waals surface area contributed by atoms with Crippen LogP contribution >= 0.6 is 7.75 Å². The van der Waals surface area contributed by atoms with Gasteiger partial charge in [0.2, 0.25) is 5.82 Å². The molecule has 1 aliphatic heterocycles. The van der Waals surface area contributed by atoms with Crippen molar-refractivity contribution in [2.45, 2.75) is 37.5 Å². The Hall–Kier alpha value is -2.62. The zero-order valence-corrected chi connectivity index (χ0v) is 15.8. The van der Waals surface area contributed by atoms with Gasteiger partial charge in [-0.15, -0.1) is 0 Å². The molecule has 0 bridgehead atoms. The average molecular weight is 454 g/mol. The fourth-order valence-corrected chi connectivity index (χ4v) is 3.50. The number of carboxylic acid groups (broad SMARTS) is 1. The Morgan fingerprint density at radius 1 is 1.50 bits per heavy atom. The Balaban J connectivity index is 2.27. The molecule has 1 saturated heterocycles. The molecular weight excluding hydrogens is 438 g/mol. The van der Waals surface area contributed by atoms with Crippen molar-refractivity contribution in [2.24, 2.45) is 5.11 Å². The lowest BCUT2D eigenvalue weighted by atomic mass is 10.1. The molecule has 1 aliphatic rings. The summed E-state index contributed by atoms with van der Waals surface area (Å²) in [6.45, 7) is 0.183. The first-order chi connectivity index (χ1) is 13.9. The molecule has 0 saturated carbocycles. The van der Waals surface area contributed by atoms with Crippen molar-refractivity contribution in [2.75, 3.05) is 6.61 Å². The summed E-state index contributed by atoms with van der Waals surface area (Å²) in [5, 5.41) is 33.6. The maximum absolute atomic E-state index is 14.0. The van der Waals surface area contributed by atoms with Crippen LogP contribution in [-0.4, -0.2) is 66.7 Å². The Morgan fingerprint density at radius 2 is 2.13 bits per heavy atom. The lowest BCUT2D eigenvalue weighted by Gasteiger charge is -2.20. The first-order valence-corrected chi connectivity index (χ1v) is 9.56. The summed E-state index contributed by atoms with van der Waals surface area (Å²) in [5.41, 5.74) is 5.68. The molecule has 0 spiro atoms. The molecule has 2 rings (SSSR count). The van der Waals surface area contributed by atoms with Crippen LogP contribution in [0.2, 0.25) is 0 Å². The lowest BCUT2D eigenvalue weighted by Crippen LogP contribution is -2.39. The number of H-pyrrole nitrogens is 1. The van der Waals surface area contributed by atoms with Crippen molar-refractivity contribution in [3.05, 3.63) is 37.1 Å². The van der Waals surface area contributed by atoms with E-state index in [9.17, 15) is 38.4 Å². The molecule has 0 aliphatic carbocycles. The average Bonchev–Trinajstić information content (AvgIpc) is 2.92. The summed E-state index contributed by atoms with van der Waals surface area (Å²) in [4.78, 5) is 47.6. The second-order valence-corrected chi connectivity index (χ2v) is 7.57. The summed E-state index contributed by atoms with van der Waals surface area (Å²) in [5.74, 6) is -4.25.